The van der Waals surface area contributed by atoms with E-state index >= 15 is 0 Å². The molecule has 1 aromatic heterocycles. The lowest BCUT2D eigenvalue weighted by Gasteiger charge is -2.08. The van der Waals surface area contributed by atoms with Crippen LogP contribution < -0.4 is 0 Å². The molecular formula is C21H42N3O8P. The zero-order valence-electron chi connectivity index (χ0n) is 20.2. The van der Waals surface area contributed by atoms with E-state index in [2.05, 4.69) is 10.3 Å². The number of unbranched alkanes of at least 4 members (excludes halogenated alkanes) is 5. The van der Waals surface area contributed by atoms with Crippen molar-refractivity contribution in [2.24, 2.45) is 7.05 Å². The van der Waals surface area contributed by atoms with Crippen LogP contribution in [0.5, 0.6) is 0 Å². The van der Waals surface area contributed by atoms with Crippen LogP contribution in [-0.2, 0) is 46.4 Å². The van der Waals surface area contributed by atoms with Crippen molar-refractivity contribution in [2.45, 2.75) is 45.1 Å². The lowest BCUT2D eigenvalue weighted by atomic mass is 10.1. The van der Waals surface area contributed by atoms with Crippen molar-refractivity contribution in [3.05, 3.63) is 11.9 Å². The van der Waals surface area contributed by atoms with Crippen molar-refractivity contribution in [3.8, 4) is 0 Å². The molecule has 0 saturated carbocycles. The molecule has 194 valence electrons. The predicted molar refractivity (Wildman–Crippen MR) is 123 cm³/mol. The van der Waals surface area contributed by atoms with Gasteiger partial charge >= 0.3 is 7.60 Å². The number of rotatable bonds is 24. The zero-order valence-corrected chi connectivity index (χ0v) is 21.1. The molecule has 0 aliphatic heterocycles. The minimum Gasteiger partial charge on any atom is -0.379 e. The van der Waals surface area contributed by atoms with E-state index in [-0.39, 0.29) is 0 Å². The van der Waals surface area contributed by atoms with E-state index in [1.165, 1.54) is 6.66 Å². The molecule has 12 heteroatoms. The number of nitrogens with zero attached hydrogens (tertiary/aromatic N) is 3. The second-order valence-electron chi connectivity index (χ2n) is 7.64. The van der Waals surface area contributed by atoms with E-state index < -0.39 is 7.60 Å². The molecule has 1 rings (SSSR count). The van der Waals surface area contributed by atoms with Crippen LogP contribution in [0.2, 0.25) is 0 Å². The Morgan fingerprint density at radius 2 is 1.21 bits per heavy atom. The van der Waals surface area contributed by atoms with Crippen LogP contribution in [-0.4, -0.2) is 92.6 Å². The SMILES string of the molecule is Cn1cc(COCCOCCOCCOCCOCCCCCCCCOP(C)(=O)O)nn1. The Kier molecular flexibility index (Phi) is 18.7. The number of hydrogen-bond acceptors (Lipinski definition) is 9. The molecular weight excluding hydrogens is 453 g/mol. The maximum absolute atomic E-state index is 11.0. The van der Waals surface area contributed by atoms with Gasteiger partial charge in [-0.2, -0.15) is 0 Å². The van der Waals surface area contributed by atoms with Crippen LogP contribution >= 0.6 is 7.60 Å². The van der Waals surface area contributed by atoms with Gasteiger partial charge in [0.1, 0.15) is 5.69 Å². The number of ether oxygens (including phenoxy) is 5. The monoisotopic (exact) mass is 495 g/mol. The largest absolute Gasteiger partial charge is 0.379 e. The van der Waals surface area contributed by atoms with Crippen LogP contribution in [0.1, 0.15) is 44.2 Å². The number of hydrogen-bond donors (Lipinski definition) is 1. The second kappa shape index (κ2) is 20.5. The molecule has 1 unspecified atom stereocenters. The average molecular weight is 496 g/mol. The fourth-order valence-corrected chi connectivity index (χ4v) is 3.23. The first-order valence-corrected chi connectivity index (χ1v) is 13.7. The van der Waals surface area contributed by atoms with E-state index in [1.54, 1.807) is 4.68 Å². The van der Waals surface area contributed by atoms with Gasteiger partial charge in [0, 0.05) is 20.3 Å². The van der Waals surface area contributed by atoms with Gasteiger partial charge < -0.3 is 33.1 Å². The van der Waals surface area contributed by atoms with E-state index in [4.69, 9.17) is 33.1 Å². The molecule has 1 atom stereocenters. The van der Waals surface area contributed by atoms with Gasteiger partial charge in [0.15, 0.2) is 0 Å². The molecule has 0 aromatic carbocycles. The maximum Gasteiger partial charge on any atom is 0.325 e. The van der Waals surface area contributed by atoms with Gasteiger partial charge in [-0.1, -0.05) is 30.9 Å². The van der Waals surface area contributed by atoms with Crippen molar-refractivity contribution in [2.75, 3.05) is 72.7 Å². The quantitative estimate of drug-likeness (QED) is 0.169. The van der Waals surface area contributed by atoms with Crippen molar-refractivity contribution >= 4 is 7.60 Å². The lowest BCUT2D eigenvalue weighted by Crippen LogP contribution is -2.13. The summed E-state index contributed by atoms with van der Waals surface area (Å²) in [5.41, 5.74) is 0.803. The molecule has 1 aromatic rings. The third kappa shape index (κ3) is 21.4. The van der Waals surface area contributed by atoms with Crippen molar-refractivity contribution in [3.63, 3.8) is 0 Å². The molecule has 1 N–H and O–H groups in total. The van der Waals surface area contributed by atoms with Gasteiger partial charge in [-0.15, -0.1) is 5.10 Å². The van der Waals surface area contributed by atoms with Crippen molar-refractivity contribution in [1.82, 2.24) is 15.0 Å². The van der Waals surface area contributed by atoms with Gasteiger partial charge in [0.05, 0.1) is 72.3 Å². The molecule has 0 saturated heterocycles. The molecule has 1 heterocycles. The van der Waals surface area contributed by atoms with Crippen LogP contribution in [0.25, 0.3) is 0 Å². The minimum absolute atomic E-state index is 0.355. The third-order valence-electron chi connectivity index (χ3n) is 4.40. The van der Waals surface area contributed by atoms with E-state index in [1.807, 2.05) is 13.2 Å². The Hall–Kier alpha value is -0.910. The van der Waals surface area contributed by atoms with Crippen molar-refractivity contribution < 1.29 is 37.7 Å². The second-order valence-corrected chi connectivity index (χ2v) is 9.51. The Balaban J connectivity index is 1.66. The van der Waals surface area contributed by atoms with Gasteiger partial charge in [0.2, 0.25) is 0 Å². The number of aryl methyl sites for hydroxylation is 1. The summed E-state index contributed by atoms with van der Waals surface area (Å²) in [4.78, 5) is 9.00. The summed E-state index contributed by atoms with van der Waals surface area (Å²) in [6.45, 7) is 7.04. The highest BCUT2D eigenvalue weighted by molar-refractivity contribution is 7.51. The third-order valence-corrected chi connectivity index (χ3v) is 5.06. The highest BCUT2D eigenvalue weighted by atomic mass is 31.2. The molecule has 0 aliphatic rings. The summed E-state index contributed by atoms with van der Waals surface area (Å²) < 4.78 is 44.8. The molecule has 0 aliphatic carbocycles. The topological polar surface area (TPSA) is 123 Å². The summed E-state index contributed by atoms with van der Waals surface area (Å²) in [6.07, 6.45) is 8.06. The zero-order chi connectivity index (χ0) is 24.0. The van der Waals surface area contributed by atoms with Gasteiger partial charge in [-0.05, 0) is 12.8 Å². The Morgan fingerprint density at radius 3 is 1.70 bits per heavy atom. The fourth-order valence-electron chi connectivity index (χ4n) is 2.77. The molecule has 0 amide bonds. The fraction of sp³-hybridized carbons (Fsp3) is 0.905. The lowest BCUT2D eigenvalue weighted by molar-refractivity contribution is -0.0128. The smallest absolute Gasteiger partial charge is 0.325 e. The Labute approximate surface area is 197 Å². The molecule has 0 radical (unpaired) electrons. The molecule has 0 fully saturated rings. The normalized spacial score (nSPS) is 13.4. The van der Waals surface area contributed by atoms with Gasteiger partial charge in [-0.25, -0.2) is 0 Å². The van der Waals surface area contributed by atoms with Crippen LogP contribution in [0.15, 0.2) is 6.20 Å². The standard InChI is InChI=1S/C21H42N3O8P/c1-24-19-21(22-23-24)20-31-18-17-30-16-15-29-14-13-28-12-11-27-9-7-5-3-4-6-8-10-32-33(2,25)26/h19H,3-18,20H2,1-2H3,(H,25,26). The highest BCUT2D eigenvalue weighted by Crippen LogP contribution is 2.36. The van der Waals surface area contributed by atoms with E-state index in [9.17, 15) is 4.57 Å². The van der Waals surface area contributed by atoms with Crippen molar-refractivity contribution in [1.29, 1.82) is 0 Å². The first kappa shape index (κ1) is 30.1. The summed E-state index contributed by atoms with van der Waals surface area (Å²) in [5, 5.41) is 7.77. The van der Waals surface area contributed by atoms with Crippen LogP contribution in [0.4, 0.5) is 0 Å². The van der Waals surface area contributed by atoms with Crippen LogP contribution in [0, 0.1) is 0 Å². The first-order chi connectivity index (χ1) is 16.0. The first-order valence-electron chi connectivity index (χ1n) is 11.7. The molecule has 33 heavy (non-hydrogen) atoms. The highest BCUT2D eigenvalue weighted by Gasteiger charge is 2.08. The van der Waals surface area contributed by atoms with Gasteiger partial charge in [-0.3, -0.25) is 9.25 Å². The van der Waals surface area contributed by atoms with Gasteiger partial charge in [0.25, 0.3) is 0 Å². The number of aromatic nitrogens is 3. The molecule has 0 spiro atoms. The summed E-state index contributed by atoms with van der Waals surface area (Å²) in [6, 6.07) is 0. The summed E-state index contributed by atoms with van der Waals surface area (Å²) >= 11 is 0. The summed E-state index contributed by atoms with van der Waals surface area (Å²) in [5.74, 6) is 0. The Morgan fingerprint density at radius 1 is 0.758 bits per heavy atom. The van der Waals surface area contributed by atoms with E-state index in [0.717, 1.165) is 50.8 Å². The minimum atomic E-state index is -3.31. The van der Waals surface area contributed by atoms with Crippen LogP contribution in [0.3, 0.4) is 0 Å². The predicted octanol–water partition coefficient (Wildman–Crippen LogP) is 2.57. The average Bonchev–Trinajstić information content (AvgIpc) is 3.18. The summed E-state index contributed by atoms with van der Waals surface area (Å²) in [7, 11) is -1.50. The maximum atomic E-state index is 11.0. The molecule has 0 bridgehead atoms. The van der Waals surface area contributed by atoms with E-state index in [0.29, 0.717) is 66.1 Å². The Bertz CT molecular complexity index is 614. The molecule has 11 nitrogen and oxygen atoms in total.